The number of amides is 1. The van der Waals surface area contributed by atoms with Crippen LogP contribution >= 0.6 is 0 Å². The summed E-state index contributed by atoms with van der Waals surface area (Å²) in [5.74, 6) is -8.90. The van der Waals surface area contributed by atoms with E-state index in [4.69, 9.17) is 0 Å². The molecule has 0 saturated carbocycles. The van der Waals surface area contributed by atoms with Crippen LogP contribution in [0.4, 0.5) is 37.7 Å². The summed E-state index contributed by atoms with van der Waals surface area (Å²) >= 11 is 0. The lowest BCUT2D eigenvalue weighted by Gasteiger charge is -2.37. The maximum atomic E-state index is 14.7. The van der Waals surface area contributed by atoms with Gasteiger partial charge in [-0.05, 0) is 31.0 Å². The highest BCUT2D eigenvalue weighted by Crippen LogP contribution is 2.43. The van der Waals surface area contributed by atoms with Crippen LogP contribution in [0.5, 0.6) is 0 Å². The molecular weight excluding hydrogens is 550 g/mol. The maximum Gasteiger partial charge on any atom is 0.274 e. The van der Waals surface area contributed by atoms with E-state index in [9.17, 15) is 31.1 Å². The van der Waals surface area contributed by atoms with Crippen molar-refractivity contribution < 1.29 is 31.1 Å². The van der Waals surface area contributed by atoms with Crippen molar-refractivity contribution in [3.05, 3.63) is 102 Å². The number of carbonyl (C=O) groups excluding carboxylic acids is 1. The van der Waals surface area contributed by atoms with Gasteiger partial charge in [-0.3, -0.25) is 9.78 Å². The van der Waals surface area contributed by atoms with Gasteiger partial charge in [-0.2, -0.15) is 5.10 Å². The summed E-state index contributed by atoms with van der Waals surface area (Å²) in [6.07, 6.45) is 3.67. The molecule has 2 aliphatic heterocycles. The number of nitrogens with zero attached hydrogens (tertiary/aromatic N) is 5. The number of fused-ring (bicyclic) bond motifs is 1. The normalized spacial score (nSPS) is 15.3. The van der Waals surface area contributed by atoms with Crippen LogP contribution in [0.3, 0.4) is 0 Å². The fraction of sp³-hybridized carbons (Fsp3) is 0.179. The highest BCUT2D eigenvalue weighted by Gasteiger charge is 2.37. The molecule has 2 aliphatic rings. The average molecular weight is 570 g/mol. The number of pyridine rings is 1. The first kappa shape index (κ1) is 26.4. The van der Waals surface area contributed by atoms with Crippen molar-refractivity contribution in [3.63, 3.8) is 0 Å². The molecule has 7 nitrogen and oxygen atoms in total. The van der Waals surface area contributed by atoms with Crippen molar-refractivity contribution in [2.24, 2.45) is 0 Å². The molecule has 0 radical (unpaired) electrons. The van der Waals surface area contributed by atoms with Gasteiger partial charge in [-0.15, -0.1) is 0 Å². The number of halogens is 6. The van der Waals surface area contributed by atoms with Crippen molar-refractivity contribution >= 4 is 17.3 Å². The highest BCUT2D eigenvalue weighted by atomic mass is 19.2. The number of anilines is 2. The number of benzene rings is 2. The molecule has 4 aromatic rings. The molecular formula is C28H20F6N6O. The van der Waals surface area contributed by atoms with Crippen molar-refractivity contribution in [2.75, 3.05) is 23.3 Å². The van der Waals surface area contributed by atoms with E-state index in [1.54, 1.807) is 12.1 Å². The maximum absolute atomic E-state index is 14.7. The summed E-state index contributed by atoms with van der Waals surface area (Å²) in [6, 6.07) is 6.75. The number of hydrogen-bond donors (Lipinski definition) is 1. The number of rotatable bonds is 4. The predicted molar refractivity (Wildman–Crippen MR) is 137 cm³/mol. The number of carbonyl (C=O) groups is 1. The standard InChI is InChI=1S/C28H20F6N6O/c1-14-36-21-12-20(31)25(33)26(34)27(21)39(14)16-4-8-38(9-5-16)28(41)22-13-23(15-2-6-35-7-3-15)40(37-22)17-10-18(29)24(32)19(30)11-17/h2-3,6-7,10-13,16,36H,1,4-5,8-9H2. The van der Waals surface area contributed by atoms with Gasteiger partial charge in [0.05, 0.1) is 17.1 Å². The van der Waals surface area contributed by atoms with E-state index in [1.165, 1.54) is 28.3 Å². The Morgan fingerprint density at radius 1 is 0.878 bits per heavy atom. The summed E-state index contributed by atoms with van der Waals surface area (Å²) in [5.41, 5.74) is 0.625. The van der Waals surface area contributed by atoms with Crippen molar-refractivity contribution in [3.8, 4) is 16.9 Å². The van der Waals surface area contributed by atoms with Crippen LogP contribution in [0.25, 0.3) is 16.9 Å². The molecule has 1 fully saturated rings. The minimum Gasteiger partial charge on any atom is -0.340 e. The van der Waals surface area contributed by atoms with Gasteiger partial charge < -0.3 is 15.1 Å². The number of piperidine rings is 1. The predicted octanol–water partition coefficient (Wildman–Crippen LogP) is 5.78. The average Bonchev–Trinajstić information content (AvgIpc) is 3.56. The summed E-state index contributed by atoms with van der Waals surface area (Å²) < 4.78 is 85.3. The molecule has 1 amide bonds. The second-order valence-corrected chi connectivity index (χ2v) is 9.63. The molecule has 2 aromatic carbocycles. The van der Waals surface area contributed by atoms with Gasteiger partial charge in [0.15, 0.2) is 40.6 Å². The Hall–Kier alpha value is -4.81. The molecule has 13 heteroatoms. The Balaban J connectivity index is 1.26. The second-order valence-electron chi connectivity index (χ2n) is 9.63. The van der Waals surface area contributed by atoms with Crippen LogP contribution in [0, 0.1) is 34.9 Å². The summed E-state index contributed by atoms with van der Waals surface area (Å²) in [7, 11) is 0. The van der Waals surface area contributed by atoms with E-state index < -0.39 is 40.8 Å². The van der Waals surface area contributed by atoms with Gasteiger partial charge >= 0.3 is 0 Å². The van der Waals surface area contributed by atoms with Crippen molar-refractivity contribution in [1.82, 2.24) is 19.7 Å². The monoisotopic (exact) mass is 570 g/mol. The first-order valence-electron chi connectivity index (χ1n) is 12.5. The van der Waals surface area contributed by atoms with Crippen LogP contribution in [0.15, 0.2) is 61.2 Å². The first-order valence-corrected chi connectivity index (χ1v) is 12.5. The SMILES string of the molecule is C=C1Nc2cc(F)c(F)c(F)c2N1C1CCN(C(=O)c2cc(-c3ccncc3)n(-c3cc(F)c(F)c(F)c3)n2)CC1. The lowest BCUT2D eigenvalue weighted by atomic mass is 10.0. The number of nitrogens with one attached hydrogen (secondary N) is 1. The van der Waals surface area contributed by atoms with Crippen LogP contribution in [-0.4, -0.2) is 44.7 Å². The molecule has 210 valence electrons. The molecule has 0 atom stereocenters. The zero-order chi connectivity index (χ0) is 29.0. The topological polar surface area (TPSA) is 66.3 Å². The Labute approximate surface area is 229 Å². The van der Waals surface area contributed by atoms with E-state index in [0.29, 0.717) is 24.1 Å². The third-order valence-corrected chi connectivity index (χ3v) is 7.18. The molecule has 1 N–H and O–H groups in total. The quantitative estimate of drug-likeness (QED) is 0.249. The van der Waals surface area contributed by atoms with Gasteiger partial charge in [-0.25, -0.2) is 31.0 Å². The fourth-order valence-electron chi connectivity index (χ4n) is 5.23. The van der Waals surface area contributed by atoms with Gasteiger partial charge in [0.25, 0.3) is 5.91 Å². The largest absolute Gasteiger partial charge is 0.340 e. The zero-order valence-corrected chi connectivity index (χ0v) is 21.1. The van der Waals surface area contributed by atoms with Crippen molar-refractivity contribution in [2.45, 2.75) is 18.9 Å². The minimum atomic E-state index is -1.63. The smallest absolute Gasteiger partial charge is 0.274 e. The van der Waals surface area contributed by atoms with E-state index in [2.05, 4.69) is 22.0 Å². The first-order chi connectivity index (χ1) is 19.6. The van der Waals surface area contributed by atoms with Gasteiger partial charge in [-0.1, -0.05) is 6.58 Å². The van der Waals surface area contributed by atoms with Crippen LogP contribution in [0.1, 0.15) is 23.3 Å². The van der Waals surface area contributed by atoms with Crippen molar-refractivity contribution in [1.29, 1.82) is 0 Å². The number of hydrogen-bond acceptors (Lipinski definition) is 5. The molecule has 1 saturated heterocycles. The van der Waals surface area contributed by atoms with E-state index in [-0.39, 0.29) is 47.7 Å². The third kappa shape index (κ3) is 4.46. The molecule has 0 bridgehead atoms. The number of likely N-dealkylation sites (tertiary alicyclic amines) is 1. The summed E-state index contributed by atoms with van der Waals surface area (Å²) in [6.45, 7) is 4.27. The summed E-state index contributed by atoms with van der Waals surface area (Å²) in [5, 5.41) is 7.07. The highest BCUT2D eigenvalue weighted by molar-refractivity contribution is 5.94. The molecule has 6 rings (SSSR count). The molecule has 0 spiro atoms. The zero-order valence-electron chi connectivity index (χ0n) is 21.1. The molecule has 0 aliphatic carbocycles. The van der Waals surface area contributed by atoms with Crippen LogP contribution in [0.2, 0.25) is 0 Å². The molecule has 0 unspecified atom stereocenters. The Kier molecular flexibility index (Phi) is 6.43. The molecule has 2 aromatic heterocycles. The van der Waals surface area contributed by atoms with E-state index in [0.717, 1.165) is 22.9 Å². The van der Waals surface area contributed by atoms with Gasteiger partial charge in [0, 0.05) is 55.3 Å². The summed E-state index contributed by atoms with van der Waals surface area (Å²) in [4.78, 5) is 20.4. The second kappa shape index (κ2) is 9.98. The molecule has 41 heavy (non-hydrogen) atoms. The molecule has 4 heterocycles. The Bertz CT molecular complexity index is 1680. The Morgan fingerprint density at radius 2 is 1.51 bits per heavy atom. The lowest BCUT2D eigenvalue weighted by Crippen LogP contribution is -2.46. The van der Waals surface area contributed by atoms with Gasteiger partial charge in [0.2, 0.25) is 0 Å². The fourth-order valence-corrected chi connectivity index (χ4v) is 5.23. The van der Waals surface area contributed by atoms with Crippen LogP contribution in [-0.2, 0) is 0 Å². The lowest BCUT2D eigenvalue weighted by molar-refractivity contribution is 0.0707. The van der Waals surface area contributed by atoms with E-state index >= 15 is 0 Å². The Morgan fingerprint density at radius 3 is 2.17 bits per heavy atom. The minimum absolute atomic E-state index is 0.0263. The third-order valence-electron chi connectivity index (χ3n) is 7.18. The van der Waals surface area contributed by atoms with E-state index in [1.807, 2.05) is 0 Å². The van der Waals surface area contributed by atoms with Crippen LogP contribution < -0.4 is 10.2 Å². The number of aromatic nitrogens is 3. The van der Waals surface area contributed by atoms with Gasteiger partial charge in [0.1, 0.15) is 11.5 Å².